The molecule has 29 heavy (non-hydrogen) atoms. The summed E-state index contributed by atoms with van der Waals surface area (Å²) >= 11 is 0. The number of benzene rings is 1. The van der Waals surface area contributed by atoms with E-state index in [9.17, 15) is 10.2 Å². The van der Waals surface area contributed by atoms with Crippen molar-refractivity contribution in [2.75, 3.05) is 0 Å². The first-order chi connectivity index (χ1) is 13.9. The maximum absolute atomic E-state index is 11.9. The Hall–Kier alpha value is -0.860. The molecule has 4 aliphatic rings. The molecule has 2 N–H and O–H groups in total. The van der Waals surface area contributed by atoms with Gasteiger partial charge in [-0.2, -0.15) is 0 Å². The van der Waals surface area contributed by atoms with Crippen molar-refractivity contribution in [2.45, 2.75) is 96.2 Å². The van der Waals surface area contributed by atoms with E-state index >= 15 is 0 Å². The minimum Gasteiger partial charge on any atom is -0.393 e. The van der Waals surface area contributed by atoms with Gasteiger partial charge in [0.1, 0.15) is 0 Å². The Morgan fingerprint density at radius 1 is 0.897 bits per heavy atom. The van der Waals surface area contributed by atoms with Crippen LogP contribution in [0.3, 0.4) is 0 Å². The number of aliphatic hydroxyl groups excluding tert-OH is 1. The lowest BCUT2D eigenvalue weighted by molar-refractivity contribution is -0.160. The maximum atomic E-state index is 11.9. The van der Waals surface area contributed by atoms with Gasteiger partial charge in [-0.3, -0.25) is 0 Å². The Kier molecular flexibility index (Phi) is 4.91. The molecule has 0 spiro atoms. The summed E-state index contributed by atoms with van der Waals surface area (Å²) in [5.74, 6) is 3.00. The molecule has 2 heteroatoms. The van der Waals surface area contributed by atoms with E-state index in [1.807, 2.05) is 0 Å². The molecule has 0 amide bonds. The van der Waals surface area contributed by atoms with E-state index in [-0.39, 0.29) is 11.5 Å². The van der Waals surface area contributed by atoms with Crippen molar-refractivity contribution >= 4 is 0 Å². The molecule has 0 bridgehead atoms. The summed E-state index contributed by atoms with van der Waals surface area (Å²) in [4.78, 5) is 0. The number of rotatable bonds is 3. The molecule has 4 saturated carbocycles. The van der Waals surface area contributed by atoms with Gasteiger partial charge in [0.2, 0.25) is 0 Å². The van der Waals surface area contributed by atoms with Crippen LogP contribution in [0.1, 0.15) is 83.6 Å². The lowest BCUT2D eigenvalue weighted by Crippen LogP contribution is -2.56. The Balaban J connectivity index is 1.35. The van der Waals surface area contributed by atoms with Crippen molar-refractivity contribution in [2.24, 2.45) is 34.5 Å². The predicted molar refractivity (Wildman–Crippen MR) is 117 cm³/mol. The van der Waals surface area contributed by atoms with Crippen LogP contribution < -0.4 is 0 Å². The molecular weight excluding hydrogens is 356 g/mol. The number of fused-ring (bicyclic) bond motifs is 5. The molecule has 0 heterocycles. The van der Waals surface area contributed by atoms with E-state index in [0.717, 1.165) is 49.9 Å². The van der Waals surface area contributed by atoms with E-state index in [1.165, 1.54) is 44.1 Å². The summed E-state index contributed by atoms with van der Waals surface area (Å²) in [6.45, 7) is 4.99. The van der Waals surface area contributed by atoms with Crippen LogP contribution in [0, 0.1) is 34.5 Å². The van der Waals surface area contributed by atoms with E-state index < -0.39 is 5.60 Å². The van der Waals surface area contributed by atoms with Gasteiger partial charge in [0.25, 0.3) is 0 Å². The van der Waals surface area contributed by atoms with Crippen LogP contribution in [0.2, 0.25) is 0 Å². The molecule has 0 saturated heterocycles. The Bertz CT molecular complexity index is 731. The average Bonchev–Trinajstić information content (AvgIpc) is 2.99. The third-order valence-electron chi connectivity index (χ3n) is 10.6. The zero-order valence-electron chi connectivity index (χ0n) is 18.4. The average molecular weight is 397 g/mol. The molecule has 0 radical (unpaired) electrons. The first-order valence-electron chi connectivity index (χ1n) is 12.3. The molecule has 160 valence electrons. The van der Waals surface area contributed by atoms with Crippen molar-refractivity contribution in [1.29, 1.82) is 0 Å². The fourth-order valence-corrected chi connectivity index (χ4v) is 8.75. The SMILES string of the molecule is C[C@]12CC[C@@H](O)C[C@@H]1CC[C@H]1[C@H]2CC[C@]2(C)[C@@H]1CC[C@@]2(O)CCc1ccccc1. The minimum absolute atomic E-state index is 0.0620. The lowest BCUT2D eigenvalue weighted by atomic mass is 9.44. The summed E-state index contributed by atoms with van der Waals surface area (Å²) in [5.41, 5.74) is 1.36. The van der Waals surface area contributed by atoms with Gasteiger partial charge in [0.15, 0.2) is 0 Å². The van der Waals surface area contributed by atoms with Crippen molar-refractivity contribution in [1.82, 2.24) is 0 Å². The second kappa shape index (κ2) is 7.09. The van der Waals surface area contributed by atoms with E-state index in [0.29, 0.717) is 11.3 Å². The molecule has 4 fully saturated rings. The Labute approximate surface area is 177 Å². The van der Waals surface area contributed by atoms with Gasteiger partial charge in [-0.15, -0.1) is 0 Å². The number of hydrogen-bond acceptors (Lipinski definition) is 2. The van der Waals surface area contributed by atoms with Crippen LogP contribution in [0.15, 0.2) is 30.3 Å². The fraction of sp³-hybridized carbons (Fsp3) is 0.778. The maximum Gasteiger partial charge on any atom is 0.0707 e. The first kappa shape index (κ1) is 20.1. The first-order valence-corrected chi connectivity index (χ1v) is 12.3. The van der Waals surface area contributed by atoms with E-state index in [1.54, 1.807) is 0 Å². The third-order valence-corrected chi connectivity index (χ3v) is 10.6. The standard InChI is InChI=1S/C27H40O2/c1-25-14-11-21(28)18-20(25)8-9-22-23(25)12-15-26(2)24(22)13-17-27(26,29)16-10-19-6-4-3-5-7-19/h3-7,20-24,28-29H,8-18H2,1-2H3/t20-,21+,22-,23+,24+,25-,26+,27-/m0/s1. The Morgan fingerprint density at radius 3 is 2.45 bits per heavy atom. The zero-order chi connectivity index (χ0) is 20.3. The highest BCUT2D eigenvalue weighted by atomic mass is 16.3. The molecule has 0 aromatic heterocycles. The quantitative estimate of drug-likeness (QED) is 0.682. The Morgan fingerprint density at radius 2 is 1.66 bits per heavy atom. The highest BCUT2D eigenvalue weighted by molar-refractivity contribution is 5.18. The van der Waals surface area contributed by atoms with Crippen LogP contribution in [0.5, 0.6) is 0 Å². The second-order valence-electron chi connectivity index (χ2n) is 11.6. The largest absolute Gasteiger partial charge is 0.393 e. The van der Waals surface area contributed by atoms with Crippen molar-refractivity contribution in [3.05, 3.63) is 35.9 Å². The number of aliphatic hydroxyl groups is 2. The van der Waals surface area contributed by atoms with Gasteiger partial charge in [0, 0.05) is 0 Å². The second-order valence-corrected chi connectivity index (χ2v) is 11.6. The van der Waals surface area contributed by atoms with Gasteiger partial charge >= 0.3 is 0 Å². The molecule has 0 aliphatic heterocycles. The fourth-order valence-electron chi connectivity index (χ4n) is 8.75. The molecule has 0 unspecified atom stereocenters. The van der Waals surface area contributed by atoms with Gasteiger partial charge in [0.05, 0.1) is 11.7 Å². The molecule has 2 nitrogen and oxygen atoms in total. The van der Waals surface area contributed by atoms with E-state index in [2.05, 4.69) is 44.2 Å². The number of aryl methyl sites for hydroxylation is 1. The van der Waals surface area contributed by atoms with Gasteiger partial charge < -0.3 is 10.2 Å². The van der Waals surface area contributed by atoms with Crippen molar-refractivity contribution < 1.29 is 10.2 Å². The van der Waals surface area contributed by atoms with Crippen LogP contribution in [0.4, 0.5) is 0 Å². The highest BCUT2D eigenvalue weighted by Crippen LogP contribution is 2.68. The van der Waals surface area contributed by atoms with E-state index in [4.69, 9.17) is 0 Å². The van der Waals surface area contributed by atoms with Gasteiger partial charge in [-0.25, -0.2) is 0 Å². The van der Waals surface area contributed by atoms with Crippen LogP contribution in [-0.2, 0) is 6.42 Å². The molecular formula is C27H40O2. The van der Waals surface area contributed by atoms with Crippen LogP contribution in [-0.4, -0.2) is 21.9 Å². The zero-order valence-corrected chi connectivity index (χ0v) is 18.4. The highest BCUT2D eigenvalue weighted by Gasteiger charge is 2.64. The molecule has 4 aliphatic carbocycles. The summed E-state index contributed by atoms with van der Waals surface area (Å²) in [7, 11) is 0. The van der Waals surface area contributed by atoms with Crippen molar-refractivity contribution in [3.63, 3.8) is 0 Å². The normalized spacial score (nSPS) is 49.2. The summed E-state index contributed by atoms with van der Waals surface area (Å²) in [6.07, 6.45) is 12.4. The molecule has 1 aromatic rings. The summed E-state index contributed by atoms with van der Waals surface area (Å²) in [5, 5.41) is 22.1. The molecule has 1 aromatic carbocycles. The lowest BCUT2D eigenvalue weighted by Gasteiger charge is -2.61. The third kappa shape index (κ3) is 3.04. The molecule has 5 rings (SSSR count). The summed E-state index contributed by atoms with van der Waals surface area (Å²) in [6, 6.07) is 10.7. The topological polar surface area (TPSA) is 40.5 Å². The van der Waals surface area contributed by atoms with Crippen molar-refractivity contribution in [3.8, 4) is 0 Å². The van der Waals surface area contributed by atoms with Gasteiger partial charge in [-0.1, -0.05) is 44.2 Å². The van der Waals surface area contributed by atoms with Gasteiger partial charge in [-0.05, 0) is 111 Å². The summed E-state index contributed by atoms with van der Waals surface area (Å²) < 4.78 is 0. The molecule has 8 atom stereocenters. The van der Waals surface area contributed by atoms with Crippen LogP contribution in [0.25, 0.3) is 0 Å². The number of hydrogen-bond donors (Lipinski definition) is 2. The monoisotopic (exact) mass is 396 g/mol. The van der Waals surface area contributed by atoms with Crippen LogP contribution >= 0.6 is 0 Å². The minimum atomic E-state index is -0.501. The smallest absolute Gasteiger partial charge is 0.0707 e. The predicted octanol–water partition coefficient (Wildman–Crippen LogP) is 5.75.